The van der Waals surface area contributed by atoms with Crippen molar-refractivity contribution in [2.45, 2.75) is 51.8 Å². The fourth-order valence-corrected chi connectivity index (χ4v) is 3.76. The van der Waals surface area contributed by atoms with Crippen molar-refractivity contribution in [1.82, 2.24) is 9.88 Å². The van der Waals surface area contributed by atoms with Gasteiger partial charge in [0.2, 0.25) is 5.91 Å². The van der Waals surface area contributed by atoms with Crippen molar-refractivity contribution in [2.24, 2.45) is 5.41 Å². The normalized spacial score (nSPS) is 23.4. The Labute approximate surface area is 161 Å². The Morgan fingerprint density at radius 2 is 1.89 bits per heavy atom. The molecule has 0 bridgehead atoms. The van der Waals surface area contributed by atoms with E-state index in [4.69, 9.17) is 4.74 Å². The van der Waals surface area contributed by atoms with Gasteiger partial charge in [-0.15, -0.1) is 0 Å². The standard InChI is InChI=1S/C19H24F3N3O3/c1-17(2,3)28-16(27)24-10-5-8-18(12-24)9-11-25(15(18)26)14-7-4-6-13(23-14)19(20,21)22/h4,6-7H,5,8-12H2,1-3H3. The molecule has 0 aliphatic carbocycles. The van der Waals surface area contributed by atoms with Crippen molar-refractivity contribution >= 4 is 17.8 Å². The number of likely N-dealkylation sites (tertiary alicyclic amines) is 1. The maximum atomic E-state index is 13.1. The highest BCUT2D eigenvalue weighted by atomic mass is 19.4. The molecule has 9 heteroatoms. The number of hydrogen-bond donors (Lipinski definition) is 0. The van der Waals surface area contributed by atoms with Crippen molar-refractivity contribution < 1.29 is 27.5 Å². The number of carbonyl (C=O) groups is 2. The molecule has 0 aromatic carbocycles. The van der Waals surface area contributed by atoms with E-state index in [0.717, 1.165) is 6.07 Å². The predicted octanol–water partition coefficient (Wildman–Crippen LogP) is 3.85. The summed E-state index contributed by atoms with van der Waals surface area (Å²) < 4.78 is 44.3. The highest BCUT2D eigenvalue weighted by Crippen LogP contribution is 2.42. The van der Waals surface area contributed by atoms with Crippen molar-refractivity contribution in [3.8, 4) is 0 Å². The number of pyridine rings is 1. The highest BCUT2D eigenvalue weighted by molar-refractivity contribution is 5.99. The summed E-state index contributed by atoms with van der Waals surface area (Å²) in [4.78, 5) is 32.0. The van der Waals surface area contributed by atoms with Crippen LogP contribution in [-0.2, 0) is 15.7 Å². The topological polar surface area (TPSA) is 62.7 Å². The third-order valence-electron chi connectivity index (χ3n) is 5.04. The molecule has 1 aromatic rings. The Hall–Kier alpha value is -2.32. The molecule has 0 saturated carbocycles. The third kappa shape index (κ3) is 4.07. The number of carbonyl (C=O) groups excluding carboxylic acids is 2. The molecule has 2 fully saturated rings. The molecule has 0 radical (unpaired) electrons. The zero-order valence-corrected chi connectivity index (χ0v) is 16.2. The number of rotatable bonds is 1. The summed E-state index contributed by atoms with van der Waals surface area (Å²) >= 11 is 0. The van der Waals surface area contributed by atoms with Gasteiger partial charge in [-0.1, -0.05) is 6.07 Å². The van der Waals surface area contributed by atoms with Crippen LogP contribution in [0.1, 0.15) is 45.7 Å². The molecule has 2 aliphatic rings. The first-order valence-electron chi connectivity index (χ1n) is 9.25. The van der Waals surface area contributed by atoms with Crippen LogP contribution in [0, 0.1) is 5.41 Å². The molecule has 1 unspecified atom stereocenters. The number of alkyl halides is 3. The van der Waals surface area contributed by atoms with Gasteiger partial charge in [0.1, 0.15) is 17.1 Å². The number of amides is 2. The maximum Gasteiger partial charge on any atom is 0.433 e. The first-order valence-corrected chi connectivity index (χ1v) is 9.25. The van der Waals surface area contributed by atoms with Crippen molar-refractivity contribution in [3.63, 3.8) is 0 Å². The fraction of sp³-hybridized carbons (Fsp3) is 0.632. The van der Waals surface area contributed by atoms with Crippen LogP contribution in [0.5, 0.6) is 0 Å². The molecule has 1 aromatic heterocycles. The number of halogens is 3. The Morgan fingerprint density at radius 1 is 1.18 bits per heavy atom. The second-order valence-electron chi connectivity index (χ2n) is 8.37. The molecule has 3 rings (SSSR count). The smallest absolute Gasteiger partial charge is 0.433 e. The lowest BCUT2D eigenvalue weighted by atomic mass is 9.78. The molecule has 2 saturated heterocycles. The fourth-order valence-electron chi connectivity index (χ4n) is 3.76. The highest BCUT2D eigenvalue weighted by Gasteiger charge is 2.51. The Bertz CT molecular complexity index is 776. The van der Waals surface area contributed by atoms with Gasteiger partial charge in [-0.25, -0.2) is 9.78 Å². The molecule has 3 heterocycles. The lowest BCUT2D eigenvalue weighted by Crippen LogP contribution is -2.51. The van der Waals surface area contributed by atoms with Crippen LogP contribution in [0.4, 0.5) is 23.8 Å². The SMILES string of the molecule is CC(C)(C)OC(=O)N1CCCC2(CCN(c3cccc(C(F)(F)F)n3)C2=O)C1. The van der Waals surface area contributed by atoms with Crippen molar-refractivity contribution in [1.29, 1.82) is 0 Å². The summed E-state index contributed by atoms with van der Waals surface area (Å²) in [5.41, 5.74) is -2.47. The first kappa shape index (κ1) is 20.4. The predicted molar refractivity (Wildman–Crippen MR) is 95.7 cm³/mol. The Balaban J connectivity index is 1.78. The minimum absolute atomic E-state index is 0.00825. The Kier molecular flexibility index (Phi) is 5.05. The number of ether oxygens (including phenoxy) is 1. The van der Waals surface area contributed by atoms with Gasteiger partial charge >= 0.3 is 12.3 Å². The van der Waals surface area contributed by atoms with Crippen LogP contribution in [0.2, 0.25) is 0 Å². The van der Waals surface area contributed by atoms with E-state index in [9.17, 15) is 22.8 Å². The first-order chi connectivity index (χ1) is 12.9. The van der Waals surface area contributed by atoms with E-state index >= 15 is 0 Å². The molecule has 154 valence electrons. The van der Waals surface area contributed by atoms with E-state index in [-0.39, 0.29) is 24.8 Å². The number of aromatic nitrogens is 1. The molecular weight excluding hydrogens is 375 g/mol. The molecule has 28 heavy (non-hydrogen) atoms. The minimum Gasteiger partial charge on any atom is -0.444 e. The Morgan fingerprint density at radius 3 is 2.54 bits per heavy atom. The van der Waals surface area contributed by atoms with Gasteiger partial charge in [-0.05, 0) is 52.2 Å². The average Bonchev–Trinajstić information content (AvgIpc) is 2.89. The summed E-state index contributed by atoms with van der Waals surface area (Å²) in [7, 11) is 0. The van der Waals surface area contributed by atoms with Gasteiger partial charge in [-0.2, -0.15) is 13.2 Å². The summed E-state index contributed by atoms with van der Waals surface area (Å²) in [5, 5.41) is 0. The number of nitrogens with zero attached hydrogens (tertiary/aromatic N) is 3. The molecule has 1 spiro atoms. The van der Waals surface area contributed by atoms with Gasteiger partial charge < -0.3 is 9.64 Å². The van der Waals surface area contributed by atoms with Crippen molar-refractivity contribution in [2.75, 3.05) is 24.5 Å². The van der Waals surface area contributed by atoms with E-state index in [1.165, 1.54) is 21.9 Å². The second-order valence-corrected chi connectivity index (χ2v) is 8.37. The van der Waals surface area contributed by atoms with Crippen LogP contribution in [0.15, 0.2) is 18.2 Å². The van der Waals surface area contributed by atoms with Crippen LogP contribution < -0.4 is 4.90 Å². The number of anilines is 1. The molecular formula is C19H24F3N3O3. The zero-order chi connectivity index (χ0) is 20.7. The van der Waals surface area contributed by atoms with E-state index in [2.05, 4.69) is 4.98 Å². The quantitative estimate of drug-likeness (QED) is 0.720. The summed E-state index contributed by atoms with van der Waals surface area (Å²) in [6.45, 7) is 6.28. The van der Waals surface area contributed by atoms with Crippen LogP contribution in [0.25, 0.3) is 0 Å². The van der Waals surface area contributed by atoms with E-state index in [1.54, 1.807) is 20.8 Å². The lowest BCUT2D eigenvalue weighted by Gasteiger charge is -2.39. The number of hydrogen-bond acceptors (Lipinski definition) is 4. The van der Waals surface area contributed by atoms with E-state index in [1.807, 2.05) is 0 Å². The monoisotopic (exact) mass is 399 g/mol. The van der Waals surface area contributed by atoms with Gasteiger partial charge in [0.15, 0.2) is 0 Å². The minimum atomic E-state index is -4.57. The summed E-state index contributed by atoms with van der Waals surface area (Å²) in [6, 6.07) is 3.53. The number of piperidine rings is 1. The lowest BCUT2D eigenvalue weighted by molar-refractivity contribution is -0.141. The van der Waals surface area contributed by atoms with Crippen LogP contribution >= 0.6 is 0 Å². The van der Waals surface area contributed by atoms with Gasteiger partial charge in [-0.3, -0.25) is 9.69 Å². The largest absolute Gasteiger partial charge is 0.444 e. The van der Waals surface area contributed by atoms with Gasteiger partial charge in [0.25, 0.3) is 0 Å². The van der Waals surface area contributed by atoms with Gasteiger partial charge in [0.05, 0.1) is 5.41 Å². The summed E-state index contributed by atoms with van der Waals surface area (Å²) in [6.07, 6.45) is -3.37. The molecule has 1 atom stereocenters. The maximum absolute atomic E-state index is 13.1. The van der Waals surface area contributed by atoms with Crippen LogP contribution in [0.3, 0.4) is 0 Å². The summed E-state index contributed by atoms with van der Waals surface area (Å²) in [5.74, 6) is -0.293. The van der Waals surface area contributed by atoms with E-state index in [0.29, 0.717) is 25.8 Å². The second kappa shape index (κ2) is 6.93. The third-order valence-corrected chi connectivity index (χ3v) is 5.04. The average molecular weight is 399 g/mol. The van der Waals surface area contributed by atoms with E-state index < -0.39 is 29.0 Å². The molecule has 2 aliphatic heterocycles. The van der Waals surface area contributed by atoms with Crippen molar-refractivity contribution in [3.05, 3.63) is 23.9 Å². The van der Waals surface area contributed by atoms with Gasteiger partial charge in [0, 0.05) is 19.6 Å². The zero-order valence-electron chi connectivity index (χ0n) is 16.2. The molecule has 2 amide bonds. The molecule has 0 N–H and O–H groups in total. The van der Waals surface area contributed by atoms with Crippen LogP contribution in [-0.4, -0.2) is 47.1 Å². The molecule has 6 nitrogen and oxygen atoms in total.